The predicted octanol–water partition coefficient (Wildman–Crippen LogP) is 1.64. The number of halogens is 1. The van der Waals surface area contributed by atoms with Gasteiger partial charge in [-0.15, -0.1) is 0 Å². The highest BCUT2D eigenvalue weighted by molar-refractivity contribution is 6.03. The van der Waals surface area contributed by atoms with E-state index in [1.165, 1.54) is 30.3 Å². The SMILES string of the molecule is N#Cc1c(F)cccc1NC(=O)c1cccc(=O)[nH]1. The van der Waals surface area contributed by atoms with Crippen LogP contribution in [0.2, 0.25) is 0 Å². The van der Waals surface area contributed by atoms with E-state index in [4.69, 9.17) is 5.26 Å². The Kier molecular flexibility index (Phi) is 3.39. The Morgan fingerprint density at radius 3 is 2.68 bits per heavy atom. The standard InChI is InChI=1S/C13H8FN3O2/c14-9-3-1-4-10(8(9)7-15)17-13(19)11-5-2-6-12(18)16-11/h1-6H,(H,16,18)(H,17,19). The van der Waals surface area contributed by atoms with Crippen LogP contribution in [0.15, 0.2) is 41.2 Å². The normalized spacial score (nSPS) is 9.68. The van der Waals surface area contributed by atoms with Crippen LogP contribution in [0.1, 0.15) is 16.1 Å². The van der Waals surface area contributed by atoms with Gasteiger partial charge in [-0.05, 0) is 18.2 Å². The molecular weight excluding hydrogens is 249 g/mol. The van der Waals surface area contributed by atoms with Gasteiger partial charge in [-0.25, -0.2) is 4.39 Å². The Morgan fingerprint density at radius 1 is 1.26 bits per heavy atom. The summed E-state index contributed by atoms with van der Waals surface area (Å²) in [5, 5.41) is 11.2. The average molecular weight is 257 g/mol. The maximum atomic E-state index is 13.3. The van der Waals surface area contributed by atoms with E-state index in [9.17, 15) is 14.0 Å². The summed E-state index contributed by atoms with van der Waals surface area (Å²) in [6.07, 6.45) is 0. The molecule has 0 fully saturated rings. The first-order valence-corrected chi connectivity index (χ1v) is 5.31. The Bertz CT molecular complexity index is 731. The fourth-order valence-corrected chi connectivity index (χ4v) is 1.51. The lowest BCUT2D eigenvalue weighted by Gasteiger charge is -2.07. The van der Waals surface area contributed by atoms with Crippen molar-refractivity contribution in [3.63, 3.8) is 0 Å². The van der Waals surface area contributed by atoms with Gasteiger partial charge in [-0.1, -0.05) is 12.1 Å². The first-order valence-electron chi connectivity index (χ1n) is 5.31. The topological polar surface area (TPSA) is 85.8 Å². The molecule has 19 heavy (non-hydrogen) atoms. The number of carbonyl (C=O) groups excluding carboxylic acids is 1. The van der Waals surface area contributed by atoms with E-state index in [0.29, 0.717) is 0 Å². The van der Waals surface area contributed by atoms with Gasteiger partial charge < -0.3 is 10.3 Å². The van der Waals surface area contributed by atoms with Crippen LogP contribution in [0, 0.1) is 17.1 Å². The first-order chi connectivity index (χ1) is 9.11. The minimum absolute atomic E-state index is 0.0284. The van der Waals surface area contributed by atoms with Gasteiger partial charge in [0.25, 0.3) is 5.91 Å². The van der Waals surface area contributed by atoms with Crippen molar-refractivity contribution in [1.82, 2.24) is 4.98 Å². The summed E-state index contributed by atoms with van der Waals surface area (Å²) in [7, 11) is 0. The van der Waals surface area contributed by atoms with Crippen LogP contribution in [-0.2, 0) is 0 Å². The number of amides is 1. The van der Waals surface area contributed by atoms with E-state index in [2.05, 4.69) is 10.3 Å². The lowest BCUT2D eigenvalue weighted by molar-refractivity contribution is 0.102. The van der Waals surface area contributed by atoms with E-state index in [1.807, 2.05) is 0 Å². The molecule has 0 atom stereocenters. The highest BCUT2D eigenvalue weighted by Gasteiger charge is 2.12. The van der Waals surface area contributed by atoms with Crippen molar-refractivity contribution < 1.29 is 9.18 Å². The molecule has 0 aliphatic carbocycles. The fourth-order valence-electron chi connectivity index (χ4n) is 1.51. The third kappa shape index (κ3) is 2.66. The van der Waals surface area contributed by atoms with E-state index >= 15 is 0 Å². The summed E-state index contributed by atoms with van der Waals surface area (Å²) in [6, 6.07) is 9.66. The first kappa shape index (κ1) is 12.5. The van der Waals surface area contributed by atoms with Crippen molar-refractivity contribution in [1.29, 1.82) is 5.26 Å². The van der Waals surface area contributed by atoms with E-state index in [0.717, 1.165) is 6.07 Å². The fraction of sp³-hybridized carbons (Fsp3) is 0. The Balaban J connectivity index is 2.33. The van der Waals surface area contributed by atoms with Crippen LogP contribution in [0.5, 0.6) is 0 Å². The van der Waals surface area contributed by atoms with Gasteiger partial charge in [0, 0.05) is 6.07 Å². The summed E-state index contributed by atoms with van der Waals surface area (Å²) in [6.45, 7) is 0. The summed E-state index contributed by atoms with van der Waals surface area (Å²) in [4.78, 5) is 25.2. The maximum Gasteiger partial charge on any atom is 0.272 e. The van der Waals surface area contributed by atoms with Crippen LogP contribution in [-0.4, -0.2) is 10.9 Å². The minimum atomic E-state index is -0.721. The van der Waals surface area contributed by atoms with Crippen molar-refractivity contribution in [2.24, 2.45) is 0 Å². The highest BCUT2D eigenvalue weighted by atomic mass is 19.1. The zero-order chi connectivity index (χ0) is 13.8. The molecule has 0 saturated carbocycles. The van der Waals surface area contributed by atoms with E-state index < -0.39 is 17.3 Å². The number of rotatable bonds is 2. The maximum absolute atomic E-state index is 13.3. The van der Waals surface area contributed by atoms with Crippen molar-refractivity contribution in [2.75, 3.05) is 5.32 Å². The van der Waals surface area contributed by atoms with Crippen LogP contribution in [0.4, 0.5) is 10.1 Å². The molecule has 1 amide bonds. The summed E-state index contributed by atoms with van der Waals surface area (Å²) in [5.74, 6) is -1.35. The Hall–Kier alpha value is -2.94. The Morgan fingerprint density at radius 2 is 2.00 bits per heavy atom. The molecule has 0 aliphatic heterocycles. The van der Waals surface area contributed by atoms with E-state index in [-0.39, 0.29) is 16.9 Å². The highest BCUT2D eigenvalue weighted by Crippen LogP contribution is 2.18. The van der Waals surface area contributed by atoms with Crippen LogP contribution >= 0.6 is 0 Å². The smallest absolute Gasteiger partial charge is 0.272 e. The molecule has 0 spiro atoms. The lowest BCUT2D eigenvalue weighted by Crippen LogP contribution is -2.18. The number of carbonyl (C=O) groups is 1. The molecule has 5 nitrogen and oxygen atoms in total. The second-order valence-electron chi connectivity index (χ2n) is 3.66. The Labute approximate surface area is 107 Å². The number of hydrogen-bond acceptors (Lipinski definition) is 3. The summed E-state index contributed by atoms with van der Waals surface area (Å²) in [5.41, 5.74) is -0.598. The largest absolute Gasteiger partial charge is 0.319 e. The van der Waals surface area contributed by atoms with Crippen molar-refractivity contribution >= 4 is 11.6 Å². The minimum Gasteiger partial charge on any atom is -0.319 e. The van der Waals surface area contributed by atoms with Gasteiger partial charge in [0.2, 0.25) is 5.56 Å². The van der Waals surface area contributed by atoms with Gasteiger partial charge in [0.15, 0.2) is 0 Å². The quantitative estimate of drug-likeness (QED) is 0.857. The molecule has 0 aliphatic rings. The predicted molar refractivity (Wildman–Crippen MR) is 66.1 cm³/mol. The zero-order valence-electron chi connectivity index (χ0n) is 9.61. The third-order valence-corrected chi connectivity index (χ3v) is 2.39. The summed E-state index contributed by atoms with van der Waals surface area (Å²) < 4.78 is 13.3. The monoisotopic (exact) mass is 257 g/mol. The number of nitrogens with zero attached hydrogens (tertiary/aromatic N) is 1. The molecule has 1 aromatic carbocycles. The van der Waals surface area contributed by atoms with Gasteiger partial charge >= 0.3 is 0 Å². The molecule has 0 unspecified atom stereocenters. The molecule has 94 valence electrons. The van der Waals surface area contributed by atoms with Crippen molar-refractivity contribution in [3.8, 4) is 6.07 Å². The zero-order valence-corrected chi connectivity index (χ0v) is 9.61. The van der Waals surface area contributed by atoms with Gasteiger partial charge in [-0.3, -0.25) is 9.59 Å². The molecule has 0 radical (unpaired) electrons. The van der Waals surface area contributed by atoms with Crippen LogP contribution in [0.25, 0.3) is 0 Å². The van der Waals surface area contributed by atoms with E-state index in [1.54, 1.807) is 6.07 Å². The number of benzene rings is 1. The molecule has 2 N–H and O–H groups in total. The average Bonchev–Trinajstić information content (AvgIpc) is 2.39. The van der Waals surface area contributed by atoms with Gasteiger partial charge in [-0.2, -0.15) is 5.26 Å². The van der Waals surface area contributed by atoms with Gasteiger partial charge in [0.1, 0.15) is 23.1 Å². The second-order valence-corrected chi connectivity index (χ2v) is 3.66. The van der Waals surface area contributed by atoms with Crippen LogP contribution < -0.4 is 10.9 Å². The number of aromatic nitrogens is 1. The molecule has 0 saturated heterocycles. The van der Waals surface area contributed by atoms with Crippen molar-refractivity contribution in [2.45, 2.75) is 0 Å². The number of pyridine rings is 1. The molecule has 6 heteroatoms. The number of hydrogen-bond donors (Lipinski definition) is 2. The van der Waals surface area contributed by atoms with Crippen molar-refractivity contribution in [3.05, 3.63) is 63.8 Å². The molecule has 1 heterocycles. The third-order valence-electron chi connectivity index (χ3n) is 2.39. The molecule has 2 rings (SSSR count). The number of H-pyrrole nitrogens is 1. The number of aromatic amines is 1. The van der Waals surface area contributed by atoms with Gasteiger partial charge in [0.05, 0.1) is 5.69 Å². The molecule has 1 aromatic heterocycles. The molecular formula is C13H8FN3O2. The lowest BCUT2D eigenvalue weighted by atomic mass is 10.2. The number of anilines is 1. The number of nitrogens with one attached hydrogen (secondary N) is 2. The molecule has 2 aromatic rings. The van der Waals surface area contributed by atoms with Crippen LogP contribution in [0.3, 0.4) is 0 Å². The summed E-state index contributed by atoms with van der Waals surface area (Å²) >= 11 is 0. The molecule has 0 bridgehead atoms. The second kappa shape index (κ2) is 5.14. The number of nitriles is 1.